The Kier molecular flexibility index (Phi) is 7.36. The van der Waals surface area contributed by atoms with Crippen LogP contribution in [-0.2, 0) is 16.1 Å². The van der Waals surface area contributed by atoms with Gasteiger partial charge in [-0.3, -0.25) is 14.7 Å². The summed E-state index contributed by atoms with van der Waals surface area (Å²) in [6.07, 6.45) is 3.90. The first kappa shape index (κ1) is 26.1. The van der Waals surface area contributed by atoms with Gasteiger partial charge >= 0.3 is 6.09 Å². The monoisotopic (exact) mass is 552 g/mol. The van der Waals surface area contributed by atoms with E-state index in [1.165, 1.54) is 6.08 Å². The maximum Gasteiger partial charge on any atom is 0.414 e. The van der Waals surface area contributed by atoms with Gasteiger partial charge in [0.05, 0.1) is 36.9 Å². The third-order valence-corrected chi connectivity index (χ3v) is 6.87. The molecule has 2 aromatic heterocycles. The number of pyridine rings is 2. The van der Waals surface area contributed by atoms with Gasteiger partial charge in [0.25, 0.3) is 0 Å². The van der Waals surface area contributed by atoms with Gasteiger partial charge in [0, 0.05) is 36.5 Å². The van der Waals surface area contributed by atoms with Gasteiger partial charge in [-0.25, -0.2) is 9.78 Å². The number of methoxy groups -OCH3 is 1. The molecule has 0 spiro atoms. The van der Waals surface area contributed by atoms with Crippen molar-refractivity contribution in [3.63, 3.8) is 0 Å². The van der Waals surface area contributed by atoms with Crippen LogP contribution in [0.1, 0.15) is 11.1 Å². The van der Waals surface area contributed by atoms with E-state index in [4.69, 9.17) is 18.9 Å². The standard InChI is InChI=1S/C31H28N4O6/c1-38-28-11-9-25-30(33-28)22(13-14-32-25)7-12-29(36)34(18-21-5-3-2-4-6-21)19-24-20-35(31(37)41-24)23-8-10-26-27(17-23)40-16-15-39-26/h2-14,17,24H,15-16,18-20H2,1H3/b12-7+/t24-/m0/s1. The molecule has 2 aliphatic heterocycles. The second-order valence-electron chi connectivity index (χ2n) is 9.60. The number of hydrogen-bond donors (Lipinski definition) is 0. The van der Waals surface area contributed by atoms with Crippen LogP contribution in [0.3, 0.4) is 0 Å². The molecule has 0 unspecified atom stereocenters. The van der Waals surface area contributed by atoms with Gasteiger partial charge in [-0.2, -0.15) is 0 Å². The number of carbonyl (C=O) groups is 2. The highest BCUT2D eigenvalue weighted by atomic mass is 16.6. The van der Waals surface area contributed by atoms with Crippen molar-refractivity contribution in [2.45, 2.75) is 12.6 Å². The van der Waals surface area contributed by atoms with Crippen molar-refractivity contribution in [1.29, 1.82) is 0 Å². The van der Waals surface area contributed by atoms with Crippen LogP contribution in [0.15, 0.2) is 79.0 Å². The van der Waals surface area contributed by atoms with E-state index in [-0.39, 0.29) is 12.5 Å². The first-order chi connectivity index (χ1) is 20.1. The van der Waals surface area contributed by atoms with Crippen molar-refractivity contribution in [1.82, 2.24) is 14.9 Å². The fourth-order valence-electron chi connectivity index (χ4n) is 4.85. The second kappa shape index (κ2) is 11.5. The number of cyclic esters (lactones) is 1. The minimum atomic E-state index is -0.524. The predicted octanol–water partition coefficient (Wildman–Crippen LogP) is 4.48. The van der Waals surface area contributed by atoms with Crippen LogP contribution in [-0.4, -0.2) is 66.4 Å². The quantitative estimate of drug-likeness (QED) is 0.295. The molecule has 10 heteroatoms. The van der Waals surface area contributed by atoms with Crippen LogP contribution >= 0.6 is 0 Å². The fraction of sp³-hybridized carbons (Fsp3) is 0.226. The van der Waals surface area contributed by atoms with Crippen molar-refractivity contribution in [3.05, 3.63) is 90.1 Å². The van der Waals surface area contributed by atoms with E-state index >= 15 is 0 Å². The summed E-state index contributed by atoms with van der Waals surface area (Å²) < 4.78 is 22.2. The minimum absolute atomic E-state index is 0.216. The fourth-order valence-corrected chi connectivity index (χ4v) is 4.85. The highest BCUT2D eigenvalue weighted by Gasteiger charge is 2.35. The van der Waals surface area contributed by atoms with E-state index in [0.29, 0.717) is 60.4 Å². The summed E-state index contributed by atoms with van der Waals surface area (Å²) in [5.74, 6) is 1.47. The average Bonchev–Trinajstić information content (AvgIpc) is 3.39. The van der Waals surface area contributed by atoms with Crippen LogP contribution in [0, 0.1) is 0 Å². The molecule has 2 amide bonds. The van der Waals surface area contributed by atoms with Crippen LogP contribution < -0.4 is 19.1 Å². The summed E-state index contributed by atoms with van der Waals surface area (Å²) in [4.78, 5) is 38.5. The predicted molar refractivity (Wildman–Crippen MR) is 152 cm³/mol. The van der Waals surface area contributed by atoms with E-state index in [0.717, 1.165) is 11.1 Å². The van der Waals surface area contributed by atoms with Gasteiger partial charge in [-0.15, -0.1) is 0 Å². The number of amides is 2. The van der Waals surface area contributed by atoms with Crippen LogP contribution in [0.25, 0.3) is 17.1 Å². The lowest BCUT2D eigenvalue weighted by Crippen LogP contribution is -2.38. The lowest BCUT2D eigenvalue weighted by Gasteiger charge is -2.24. The van der Waals surface area contributed by atoms with Crippen molar-refractivity contribution < 1.29 is 28.5 Å². The molecule has 2 aromatic carbocycles. The highest BCUT2D eigenvalue weighted by Crippen LogP contribution is 2.35. The maximum atomic E-state index is 13.6. The summed E-state index contributed by atoms with van der Waals surface area (Å²) in [7, 11) is 1.55. The number of carbonyl (C=O) groups excluding carboxylic acids is 2. The van der Waals surface area contributed by atoms with E-state index in [1.54, 1.807) is 59.5 Å². The first-order valence-electron chi connectivity index (χ1n) is 13.3. The highest BCUT2D eigenvalue weighted by molar-refractivity contribution is 5.95. The molecule has 6 rings (SSSR count). The van der Waals surface area contributed by atoms with Crippen LogP contribution in [0.2, 0.25) is 0 Å². The summed E-state index contributed by atoms with van der Waals surface area (Å²) in [6.45, 7) is 1.80. The maximum absolute atomic E-state index is 13.6. The zero-order valence-corrected chi connectivity index (χ0v) is 22.4. The first-order valence-corrected chi connectivity index (χ1v) is 13.3. The molecule has 4 heterocycles. The van der Waals surface area contributed by atoms with Gasteiger partial charge in [0.2, 0.25) is 11.8 Å². The summed E-state index contributed by atoms with van der Waals surface area (Å²) in [5, 5.41) is 0. The van der Waals surface area contributed by atoms with Gasteiger partial charge in [-0.05, 0) is 35.9 Å². The molecule has 41 heavy (non-hydrogen) atoms. The van der Waals surface area contributed by atoms with Crippen molar-refractivity contribution in [2.24, 2.45) is 0 Å². The zero-order chi connectivity index (χ0) is 28.2. The van der Waals surface area contributed by atoms with Gasteiger partial charge < -0.3 is 23.8 Å². The molecule has 1 fully saturated rings. The van der Waals surface area contributed by atoms with Gasteiger partial charge in [-0.1, -0.05) is 30.3 Å². The Morgan fingerprint density at radius 3 is 2.73 bits per heavy atom. The Hall–Kier alpha value is -5.12. The molecule has 1 saturated heterocycles. The number of fused-ring (bicyclic) bond motifs is 2. The summed E-state index contributed by atoms with van der Waals surface area (Å²) in [6, 6.07) is 20.4. The Labute approximate surface area is 236 Å². The molecule has 1 atom stereocenters. The Balaban J connectivity index is 1.21. The van der Waals surface area contributed by atoms with Crippen molar-refractivity contribution >= 4 is 34.8 Å². The number of anilines is 1. The molecular weight excluding hydrogens is 524 g/mol. The van der Waals surface area contributed by atoms with Gasteiger partial charge in [0.1, 0.15) is 19.3 Å². The SMILES string of the molecule is COc1ccc2nccc(/C=C/C(=O)N(Cc3ccccc3)C[C@H]3CN(c4ccc5c(c4)OCCO5)C(=O)O3)c2n1. The van der Waals surface area contributed by atoms with E-state index in [9.17, 15) is 9.59 Å². The number of hydrogen-bond acceptors (Lipinski definition) is 8. The lowest BCUT2D eigenvalue weighted by molar-refractivity contribution is -0.127. The summed E-state index contributed by atoms with van der Waals surface area (Å²) >= 11 is 0. The van der Waals surface area contributed by atoms with Gasteiger partial charge in [0.15, 0.2) is 11.5 Å². The van der Waals surface area contributed by atoms with Crippen LogP contribution in [0.4, 0.5) is 10.5 Å². The normalized spacial score (nSPS) is 16.2. The van der Waals surface area contributed by atoms with Crippen molar-refractivity contribution in [2.75, 3.05) is 38.3 Å². The molecule has 2 aliphatic rings. The second-order valence-corrected chi connectivity index (χ2v) is 9.60. The largest absolute Gasteiger partial charge is 0.486 e. The topological polar surface area (TPSA) is 103 Å². The van der Waals surface area contributed by atoms with Crippen molar-refractivity contribution in [3.8, 4) is 17.4 Å². The Morgan fingerprint density at radius 1 is 1.07 bits per heavy atom. The summed E-state index contributed by atoms with van der Waals surface area (Å²) in [5.41, 5.74) is 3.67. The Bertz CT molecular complexity index is 1610. The molecular formula is C31H28N4O6. The molecule has 208 valence electrons. The number of ether oxygens (including phenoxy) is 4. The third kappa shape index (κ3) is 5.76. The molecule has 0 aliphatic carbocycles. The average molecular weight is 553 g/mol. The van der Waals surface area contributed by atoms with E-state index in [2.05, 4.69) is 9.97 Å². The number of aromatic nitrogens is 2. The zero-order valence-electron chi connectivity index (χ0n) is 22.4. The lowest BCUT2D eigenvalue weighted by atomic mass is 10.1. The molecule has 0 saturated carbocycles. The molecule has 10 nitrogen and oxygen atoms in total. The smallest absolute Gasteiger partial charge is 0.414 e. The molecule has 0 bridgehead atoms. The third-order valence-electron chi connectivity index (χ3n) is 6.87. The molecule has 0 N–H and O–H groups in total. The number of rotatable bonds is 8. The molecule has 4 aromatic rings. The van der Waals surface area contributed by atoms with Crippen LogP contribution in [0.5, 0.6) is 17.4 Å². The Morgan fingerprint density at radius 2 is 1.90 bits per heavy atom. The minimum Gasteiger partial charge on any atom is -0.486 e. The number of nitrogens with zero attached hydrogens (tertiary/aromatic N) is 4. The molecule has 0 radical (unpaired) electrons. The van der Waals surface area contributed by atoms with E-state index in [1.807, 2.05) is 36.4 Å². The van der Waals surface area contributed by atoms with E-state index < -0.39 is 12.2 Å². The number of benzene rings is 2.